The summed E-state index contributed by atoms with van der Waals surface area (Å²) in [5.74, 6) is 0.840. The molecule has 3 heteroatoms. The van der Waals surface area contributed by atoms with E-state index in [0.29, 0.717) is 6.61 Å². The summed E-state index contributed by atoms with van der Waals surface area (Å²) in [6, 6.07) is 12.3. The molecule has 0 amide bonds. The van der Waals surface area contributed by atoms with Crippen molar-refractivity contribution in [2.75, 3.05) is 0 Å². The van der Waals surface area contributed by atoms with E-state index in [1.165, 1.54) is 16.7 Å². The Kier molecular flexibility index (Phi) is 4.84. The lowest BCUT2D eigenvalue weighted by atomic mass is 10.1. The van der Waals surface area contributed by atoms with Crippen molar-refractivity contribution in [1.29, 1.82) is 0 Å². The second-order valence-corrected chi connectivity index (χ2v) is 6.09. The minimum absolute atomic E-state index is 0.0437. The molecule has 0 saturated heterocycles. The highest BCUT2D eigenvalue weighted by molar-refractivity contribution is 9.10. The molecule has 0 spiro atoms. The van der Waals surface area contributed by atoms with Gasteiger partial charge in [0, 0.05) is 16.1 Å². The van der Waals surface area contributed by atoms with Crippen LogP contribution >= 0.6 is 15.9 Å². The number of nitrogens with two attached hydrogens (primary N) is 1. The largest absolute Gasteiger partial charge is 0.489 e. The third-order valence-corrected chi connectivity index (χ3v) is 3.93. The molecule has 0 aromatic heterocycles. The molecule has 1 atom stereocenters. The van der Waals surface area contributed by atoms with E-state index in [9.17, 15) is 0 Å². The van der Waals surface area contributed by atoms with Crippen LogP contribution in [0.1, 0.15) is 35.2 Å². The van der Waals surface area contributed by atoms with Gasteiger partial charge in [-0.1, -0.05) is 40.2 Å². The Balaban J connectivity index is 2.17. The molecule has 0 bridgehead atoms. The summed E-state index contributed by atoms with van der Waals surface area (Å²) in [6.07, 6.45) is 0. The van der Waals surface area contributed by atoms with Gasteiger partial charge in [0.1, 0.15) is 12.4 Å². The lowest BCUT2D eigenvalue weighted by Gasteiger charge is -2.15. The van der Waals surface area contributed by atoms with Gasteiger partial charge in [-0.2, -0.15) is 0 Å². The van der Waals surface area contributed by atoms with Gasteiger partial charge in [0.05, 0.1) is 0 Å². The van der Waals surface area contributed by atoms with Crippen LogP contribution in [0.15, 0.2) is 40.9 Å². The topological polar surface area (TPSA) is 35.2 Å². The quantitative estimate of drug-likeness (QED) is 0.882. The molecule has 2 N–H and O–H groups in total. The van der Waals surface area contributed by atoms with Crippen molar-refractivity contribution >= 4 is 15.9 Å². The van der Waals surface area contributed by atoms with Crippen molar-refractivity contribution in [3.05, 3.63) is 63.1 Å². The highest BCUT2D eigenvalue weighted by Crippen LogP contribution is 2.28. The highest BCUT2D eigenvalue weighted by Gasteiger charge is 2.09. The number of benzene rings is 2. The van der Waals surface area contributed by atoms with Crippen LogP contribution in [0.2, 0.25) is 0 Å². The van der Waals surface area contributed by atoms with Gasteiger partial charge in [0.15, 0.2) is 0 Å². The van der Waals surface area contributed by atoms with Crippen LogP contribution in [0.25, 0.3) is 0 Å². The first-order valence-corrected chi connectivity index (χ1v) is 7.50. The van der Waals surface area contributed by atoms with E-state index in [-0.39, 0.29) is 6.04 Å². The van der Waals surface area contributed by atoms with Gasteiger partial charge in [0.2, 0.25) is 0 Å². The van der Waals surface area contributed by atoms with Gasteiger partial charge in [-0.15, -0.1) is 0 Å². The first kappa shape index (κ1) is 15.1. The molecule has 0 heterocycles. The van der Waals surface area contributed by atoms with Gasteiger partial charge >= 0.3 is 0 Å². The summed E-state index contributed by atoms with van der Waals surface area (Å²) in [5, 5.41) is 0. The average Bonchev–Trinajstić information content (AvgIpc) is 2.40. The van der Waals surface area contributed by atoms with Crippen LogP contribution in [0.5, 0.6) is 5.75 Å². The zero-order chi connectivity index (χ0) is 14.7. The lowest BCUT2D eigenvalue weighted by molar-refractivity contribution is 0.301. The van der Waals surface area contributed by atoms with Crippen molar-refractivity contribution in [2.24, 2.45) is 5.73 Å². The fraction of sp³-hybridized carbons (Fsp3) is 0.294. The Morgan fingerprint density at radius 2 is 1.85 bits per heavy atom. The van der Waals surface area contributed by atoms with Crippen molar-refractivity contribution in [3.8, 4) is 5.75 Å². The maximum atomic E-state index is 5.98. The van der Waals surface area contributed by atoms with E-state index in [1.807, 2.05) is 25.1 Å². The van der Waals surface area contributed by atoms with Crippen LogP contribution in [-0.2, 0) is 6.61 Å². The molecule has 106 valence electrons. The number of aryl methyl sites for hydroxylation is 2. The van der Waals surface area contributed by atoms with Gasteiger partial charge in [0.25, 0.3) is 0 Å². The van der Waals surface area contributed by atoms with E-state index in [4.69, 9.17) is 10.5 Å². The molecular weight excluding hydrogens is 314 g/mol. The second kappa shape index (κ2) is 6.42. The minimum Gasteiger partial charge on any atom is -0.489 e. The standard InChI is InChI=1S/C17H20BrNO/c1-11-4-5-14(8-12(11)2)10-20-17-9-15(18)6-7-16(17)13(3)19/h4-9,13H,10,19H2,1-3H3/t13-/m0/s1. The van der Waals surface area contributed by atoms with E-state index < -0.39 is 0 Å². The number of ether oxygens (including phenoxy) is 1. The number of hydrogen-bond acceptors (Lipinski definition) is 2. The van der Waals surface area contributed by atoms with Crippen molar-refractivity contribution in [1.82, 2.24) is 0 Å². The fourth-order valence-electron chi connectivity index (χ4n) is 2.06. The molecule has 0 fully saturated rings. The molecule has 0 radical (unpaired) electrons. The Morgan fingerprint density at radius 1 is 1.10 bits per heavy atom. The van der Waals surface area contributed by atoms with Crippen LogP contribution in [0.3, 0.4) is 0 Å². The van der Waals surface area contributed by atoms with Crippen LogP contribution in [-0.4, -0.2) is 0 Å². The van der Waals surface area contributed by atoms with Crippen molar-refractivity contribution in [3.63, 3.8) is 0 Å². The van der Waals surface area contributed by atoms with Crippen LogP contribution < -0.4 is 10.5 Å². The predicted octanol–water partition coefficient (Wildman–Crippen LogP) is 4.66. The van der Waals surface area contributed by atoms with Gasteiger partial charge in [-0.05, 0) is 49.6 Å². The number of rotatable bonds is 4. The summed E-state index contributed by atoms with van der Waals surface area (Å²) in [4.78, 5) is 0. The second-order valence-electron chi connectivity index (χ2n) is 5.18. The molecule has 2 rings (SSSR count). The summed E-state index contributed by atoms with van der Waals surface area (Å²) < 4.78 is 6.95. The Bertz CT molecular complexity index is 608. The van der Waals surface area contributed by atoms with E-state index in [0.717, 1.165) is 15.8 Å². The molecule has 0 unspecified atom stereocenters. The summed E-state index contributed by atoms with van der Waals surface area (Å²) in [7, 11) is 0. The monoisotopic (exact) mass is 333 g/mol. The molecular formula is C17H20BrNO. The van der Waals surface area contributed by atoms with E-state index >= 15 is 0 Å². The van der Waals surface area contributed by atoms with E-state index in [2.05, 4.69) is 48.0 Å². The average molecular weight is 334 g/mol. The zero-order valence-electron chi connectivity index (χ0n) is 12.1. The molecule has 2 nitrogen and oxygen atoms in total. The fourth-order valence-corrected chi connectivity index (χ4v) is 2.40. The minimum atomic E-state index is -0.0437. The first-order chi connectivity index (χ1) is 9.47. The highest BCUT2D eigenvalue weighted by atomic mass is 79.9. The van der Waals surface area contributed by atoms with Gasteiger partial charge in [-0.25, -0.2) is 0 Å². The predicted molar refractivity (Wildman–Crippen MR) is 87.0 cm³/mol. The van der Waals surface area contributed by atoms with Crippen LogP contribution in [0, 0.1) is 13.8 Å². The maximum Gasteiger partial charge on any atom is 0.125 e. The van der Waals surface area contributed by atoms with E-state index in [1.54, 1.807) is 0 Å². The molecule has 2 aromatic rings. The maximum absolute atomic E-state index is 5.98. The van der Waals surface area contributed by atoms with Crippen LogP contribution in [0.4, 0.5) is 0 Å². The van der Waals surface area contributed by atoms with Gasteiger partial charge < -0.3 is 10.5 Å². The summed E-state index contributed by atoms with van der Waals surface area (Å²) in [5.41, 5.74) is 10.8. The Labute approximate surface area is 129 Å². The molecule has 0 aliphatic heterocycles. The normalized spacial score (nSPS) is 12.2. The Morgan fingerprint density at radius 3 is 2.50 bits per heavy atom. The molecule has 0 aliphatic carbocycles. The summed E-state index contributed by atoms with van der Waals surface area (Å²) >= 11 is 3.47. The van der Waals surface area contributed by atoms with Gasteiger partial charge in [-0.3, -0.25) is 0 Å². The zero-order valence-corrected chi connectivity index (χ0v) is 13.7. The third kappa shape index (κ3) is 3.62. The molecule has 0 saturated carbocycles. The summed E-state index contributed by atoms with van der Waals surface area (Å²) in [6.45, 7) is 6.75. The third-order valence-electron chi connectivity index (χ3n) is 3.43. The molecule has 2 aromatic carbocycles. The van der Waals surface area contributed by atoms with Crippen molar-refractivity contribution < 1.29 is 4.74 Å². The lowest BCUT2D eigenvalue weighted by Crippen LogP contribution is -2.08. The van der Waals surface area contributed by atoms with Crippen molar-refractivity contribution in [2.45, 2.75) is 33.4 Å². The molecule has 20 heavy (non-hydrogen) atoms. The number of hydrogen-bond donors (Lipinski definition) is 1. The number of halogens is 1. The first-order valence-electron chi connectivity index (χ1n) is 6.71. The molecule has 0 aliphatic rings. The SMILES string of the molecule is Cc1ccc(COc2cc(Br)ccc2[C@H](C)N)cc1C. The smallest absolute Gasteiger partial charge is 0.125 e. The Hall–Kier alpha value is -1.32.